The molecule has 2 aliphatic heterocycles. The summed E-state index contributed by atoms with van der Waals surface area (Å²) in [6, 6.07) is 17.7. The summed E-state index contributed by atoms with van der Waals surface area (Å²) < 4.78 is 27.5. The second kappa shape index (κ2) is 6.90. The van der Waals surface area contributed by atoms with E-state index in [0.29, 0.717) is 24.0 Å². The average Bonchev–Trinajstić information content (AvgIpc) is 2.68. The molecule has 1 atom stereocenters. The van der Waals surface area contributed by atoms with Crippen LogP contribution in [0.4, 0.5) is 0 Å². The van der Waals surface area contributed by atoms with Gasteiger partial charge in [0.2, 0.25) is 10.0 Å². The van der Waals surface area contributed by atoms with Gasteiger partial charge in [0.15, 0.2) is 0 Å². The van der Waals surface area contributed by atoms with Crippen LogP contribution < -0.4 is 0 Å². The monoisotopic (exact) mass is 356 g/mol. The normalized spacial score (nSPS) is 22.5. The molecule has 1 fully saturated rings. The number of hydrogen-bond donors (Lipinski definition) is 0. The third kappa shape index (κ3) is 3.36. The molecule has 0 bridgehead atoms. The van der Waals surface area contributed by atoms with Gasteiger partial charge >= 0.3 is 0 Å². The van der Waals surface area contributed by atoms with E-state index < -0.39 is 10.0 Å². The molecule has 4 rings (SSSR count). The number of hydrogen-bond acceptors (Lipinski definition) is 3. The molecule has 2 aliphatic rings. The van der Waals surface area contributed by atoms with Crippen LogP contribution in [-0.4, -0.2) is 43.3 Å². The van der Waals surface area contributed by atoms with Crippen LogP contribution in [0.15, 0.2) is 59.5 Å². The van der Waals surface area contributed by atoms with Crippen LogP contribution in [0.2, 0.25) is 0 Å². The summed E-state index contributed by atoms with van der Waals surface area (Å²) in [5.74, 6) is 0. The largest absolute Gasteiger partial charge is 0.294 e. The van der Waals surface area contributed by atoms with Crippen molar-refractivity contribution in [1.29, 1.82) is 0 Å². The Bertz CT molecular complexity index is 836. The predicted molar refractivity (Wildman–Crippen MR) is 98.8 cm³/mol. The number of benzene rings is 2. The van der Waals surface area contributed by atoms with E-state index in [-0.39, 0.29) is 0 Å². The maximum atomic E-state index is 12.9. The lowest BCUT2D eigenvalue weighted by Crippen LogP contribution is -2.50. The number of nitrogens with zero attached hydrogens (tertiary/aromatic N) is 2. The van der Waals surface area contributed by atoms with Crippen molar-refractivity contribution >= 4 is 10.0 Å². The third-order valence-electron chi connectivity index (χ3n) is 5.42. The highest BCUT2D eigenvalue weighted by Crippen LogP contribution is 2.27. The molecular weight excluding hydrogens is 332 g/mol. The fourth-order valence-electron chi connectivity index (χ4n) is 4.01. The van der Waals surface area contributed by atoms with E-state index in [2.05, 4.69) is 29.2 Å². The predicted octanol–water partition coefficient (Wildman–Crippen LogP) is 2.90. The zero-order valence-electron chi connectivity index (χ0n) is 14.3. The Kier molecular flexibility index (Phi) is 4.63. The van der Waals surface area contributed by atoms with Crippen LogP contribution in [0.1, 0.15) is 24.0 Å². The minimum atomic E-state index is -3.39. The van der Waals surface area contributed by atoms with E-state index in [1.807, 2.05) is 6.07 Å². The smallest absolute Gasteiger partial charge is 0.243 e. The molecule has 2 heterocycles. The van der Waals surface area contributed by atoms with E-state index >= 15 is 0 Å². The fourth-order valence-corrected chi connectivity index (χ4v) is 5.55. The van der Waals surface area contributed by atoms with Crippen molar-refractivity contribution in [3.05, 3.63) is 65.7 Å². The first-order chi connectivity index (χ1) is 12.1. The fraction of sp³-hybridized carbons (Fsp3) is 0.400. The Balaban J connectivity index is 1.50. The molecule has 0 aliphatic carbocycles. The van der Waals surface area contributed by atoms with Gasteiger partial charge in [-0.1, -0.05) is 42.5 Å². The van der Waals surface area contributed by atoms with Crippen LogP contribution in [-0.2, 0) is 23.0 Å². The summed E-state index contributed by atoms with van der Waals surface area (Å²) in [7, 11) is -3.39. The molecule has 5 heteroatoms. The topological polar surface area (TPSA) is 40.6 Å². The summed E-state index contributed by atoms with van der Waals surface area (Å²) in [5.41, 5.74) is 2.82. The molecule has 25 heavy (non-hydrogen) atoms. The maximum absolute atomic E-state index is 12.9. The molecule has 0 amide bonds. The molecule has 0 unspecified atom stereocenters. The molecule has 0 radical (unpaired) electrons. The molecule has 4 nitrogen and oxygen atoms in total. The van der Waals surface area contributed by atoms with Crippen molar-refractivity contribution < 1.29 is 8.42 Å². The van der Waals surface area contributed by atoms with Crippen molar-refractivity contribution in [3.8, 4) is 0 Å². The molecular formula is C20H24N2O2S. The summed E-state index contributed by atoms with van der Waals surface area (Å²) in [6.45, 7) is 3.17. The van der Waals surface area contributed by atoms with Crippen LogP contribution in [0.3, 0.4) is 0 Å². The van der Waals surface area contributed by atoms with Crippen molar-refractivity contribution in [2.45, 2.75) is 36.7 Å². The summed E-state index contributed by atoms with van der Waals surface area (Å²) in [6.07, 6.45) is 3.05. The minimum absolute atomic E-state index is 0.306. The zero-order valence-corrected chi connectivity index (χ0v) is 15.2. The summed E-state index contributed by atoms with van der Waals surface area (Å²) >= 11 is 0. The Morgan fingerprint density at radius 2 is 1.60 bits per heavy atom. The van der Waals surface area contributed by atoms with Gasteiger partial charge in [0, 0.05) is 32.2 Å². The third-order valence-corrected chi connectivity index (χ3v) is 7.30. The van der Waals surface area contributed by atoms with E-state index in [1.54, 1.807) is 28.6 Å². The Labute approximate surface area is 150 Å². The van der Waals surface area contributed by atoms with Gasteiger partial charge in [0.25, 0.3) is 0 Å². The van der Waals surface area contributed by atoms with Crippen molar-refractivity contribution in [3.63, 3.8) is 0 Å². The lowest BCUT2D eigenvalue weighted by molar-refractivity contribution is 0.122. The second-order valence-electron chi connectivity index (χ2n) is 6.96. The van der Waals surface area contributed by atoms with Crippen molar-refractivity contribution in [1.82, 2.24) is 9.21 Å². The first-order valence-corrected chi connectivity index (χ1v) is 10.4. The van der Waals surface area contributed by atoms with Crippen LogP contribution in [0.5, 0.6) is 0 Å². The number of rotatable bonds is 3. The average molecular weight is 356 g/mol. The number of fused-ring (bicyclic) bond motifs is 1. The Morgan fingerprint density at radius 3 is 2.40 bits per heavy atom. The molecule has 0 spiro atoms. The Morgan fingerprint density at radius 1 is 0.880 bits per heavy atom. The highest BCUT2D eigenvalue weighted by atomic mass is 32.2. The van der Waals surface area contributed by atoms with E-state index in [4.69, 9.17) is 0 Å². The van der Waals surface area contributed by atoms with Gasteiger partial charge in [-0.15, -0.1) is 0 Å². The molecule has 132 valence electrons. The molecule has 1 saturated heterocycles. The van der Waals surface area contributed by atoms with E-state index in [0.717, 1.165) is 32.4 Å². The highest BCUT2D eigenvalue weighted by Gasteiger charge is 2.33. The van der Waals surface area contributed by atoms with Gasteiger partial charge < -0.3 is 0 Å². The van der Waals surface area contributed by atoms with E-state index in [9.17, 15) is 8.42 Å². The first-order valence-electron chi connectivity index (χ1n) is 9.00. The number of sulfonamides is 1. The lowest BCUT2D eigenvalue weighted by atomic mass is 9.96. The van der Waals surface area contributed by atoms with Crippen LogP contribution in [0, 0.1) is 0 Å². The molecule has 2 aromatic carbocycles. The first kappa shape index (κ1) is 16.8. The summed E-state index contributed by atoms with van der Waals surface area (Å²) in [4.78, 5) is 2.87. The SMILES string of the molecule is O=S(=O)(c1ccccc1)N1CCC[C@@H](N2CCc3ccccc3C2)C1. The van der Waals surface area contributed by atoms with Crippen LogP contribution in [0.25, 0.3) is 0 Å². The molecule has 0 saturated carbocycles. The molecule has 2 aromatic rings. The van der Waals surface area contributed by atoms with Gasteiger partial charge in [-0.05, 0) is 42.5 Å². The zero-order chi connectivity index (χ0) is 17.3. The minimum Gasteiger partial charge on any atom is -0.294 e. The van der Waals surface area contributed by atoms with Gasteiger partial charge in [-0.2, -0.15) is 4.31 Å². The maximum Gasteiger partial charge on any atom is 0.243 e. The van der Waals surface area contributed by atoms with Gasteiger partial charge in [-0.3, -0.25) is 4.90 Å². The molecule has 0 N–H and O–H groups in total. The molecule has 0 aromatic heterocycles. The van der Waals surface area contributed by atoms with Gasteiger partial charge in [0.1, 0.15) is 0 Å². The van der Waals surface area contributed by atoms with E-state index in [1.165, 1.54) is 11.1 Å². The number of piperidine rings is 1. The van der Waals surface area contributed by atoms with Crippen LogP contribution >= 0.6 is 0 Å². The van der Waals surface area contributed by atoms with Gasteiger partial charge in [-0.25, -0.2) is 8.42 Å². The Hall–Kier alpha value is -1.69. The highest BCUT2D eigenvalue weighted by molar-refractivity contribution is 7.89. The second-order valence-corrected chi connectivity index (χ2v) is 8.90. The van der Waals surface area contributed by atoms with Gasteiger partial charge in [0.05, 0.1) is 4.90 Å². The summed E-state index contributed by atoms with van der Waals surface area (Å²) in [5, 5.41) is 0. The quantitative estimate of drug-likeness (QED) is 0.849. The standard InChI is InChI=1S/C20H24N2O2S/c23-25(24,20-10-2-1-3-11-20)22-13-6-9-19(16-22)21-14-12-17-7-4-5-8-18(17)15-21/h1-5,7-8,10-11,19H,6,9,12-16H2/t19-/m1/s1. The van der Waals surface area contributed by atoms with Crippen molar-refractivity contribution in [2.24, 2.45) is 0 Å². The van der Waals surface area contributed by atoms with Crippen molar-refractivity contribution in [2.75, 3.05) is 19.6 Å². The lowest BCUT2D eigenvalue weighted by Gasteiger charge is -2.41.